The molecule has 2 aromatic rings. The van der Waals surface area contributed by atoms with E-state index >= 15 is 0 Å². The van der Waals surface area contributed by atoms with E-state index < -0.39 is 5.97 Å². The van der Waals surface area contributed by atoms with E-state index in [0.29, 0.717) is 11.3 Å². The highest BCUT2D eigenvalue weighted by molar-refractivity contribution is 5.95. The summed E-state index contributed by atoms with van der Waals surface area (Å²) in [5, 5.41) is 5.60. The fraction of sp³-hybridized carbons (Fsp3) is 0.286. The number of rotatable bonds is 7. The Kier molecular flexibility index (Phi) is 7.28. The predicted molar refractivity (Wildman–Crippen MR) is 108 cm³/mol. The Balaban J connectivity index is 1.84. The number of anilines is 2. The number of hydrogen-bond acceptors (Lipinski definition) is 5. The zero-order chi connectivity index (χ0) is 20.7. The maximum absolute atomic E-state index is 12.2. The van der Waals surface area contributed by atoms with Crippen LogP contribution in [0.25, 0.3) is 0 Å². The molecule has 0 bridgehead atoms. The van der Waals surface area contributed by atoms with Crippen LogP contribution in [-0.2, 0) is 14.3 Å². The number of ether oxygens (including phenoxy) is 1. The summed E-state index contributed by atoms with van der Waals surface area (Å²) < 4.78 is 4.63. The van der Waals surface area contributed by atoms with Gasteiger partial charge in [-0.3, -0.25) is 14.5 Å². The molecular weight excluding hydrogens is 358 g/mol. The van der Waals surface area contributed by atoms with Crippen molar-refractivity contribution in [3.63, 3.8) is 0 Å². The quantitative estimate of drug-likeness (QED) is 0.718. The molecule has 28 heavy (non-hydrogen) atoms. The Bertz CT molecular complexity index is 862. The topological polar surface area (TPSA) is 87.7 Å². The number of amides is 2. The summed E-state index contributed by atoms with van der Waals surface area (Å²) >= 11 is 0. The summed E-state index contributed by atoms with van der Waals surface area (Å²) in [7, 11) is 3.01. The molecule has 0 aliphatic heterocycles. The highest BCUT2D eigenvalue weighted by Crippen LogP contribution is 2.17. The molecule has 0 saturated heterocycles. The van der Waals surface area contributed by atoms with Crippen molar-refractivity contribution in [3.05, 3.63) is 59.2 Å². The minimum absolute atomic E-state index is 0.0545. The van der Waals surface area contributed by atoms with Gasteiger partial charge in [-0.15, -0.1) is 0 Å². The number of nitrogens with one attached hydrogen (secondary N) is 2. The average Bonchev–Trinajstić information content (AvgIpc) is 2.65. The third kappa shape index (κ3) is 5.92. The van der Waals surface area contributed by atoms with Crippen molar-refractivity contribution in [1.29, 1.82) is 0 Å². The zero-order valence-electron chi connectivity index (χ0n) is 16.5. The van der Waals surface area contributed by atoms with E-state index in [2.05, 4.69) is 15.4 Å². The molecule has 2 N–H and O–H groups in total. The fourth-order valence-electron chi connectivity index (χ4n) is 2.63. The van der Waals surface area contributed by atoms with Crippen molar-refractivity contribution in [2.45, 2.75) is 13.8 Å². The van der Waals surface area contributed by atoms with Crippen LogP contribution in [0.1, 0.15) is 21.5 Å². The lowest BCUT2D eigenvalue weighted by Gasteiger charge is -2.17. The number of carbonyl (C=O) groups is 3. The van der Waals surface area contributed by atoms with E-state index in [1.807, 2.05) is 32.0 Å². The fourth-order valence-corrected chi connectivity index (χ4v) is 2.63. The first kappa shape index (κ1) is 21.1. The first-order valence-electron chi connectivity index (χ1n) is 8.83. The van der Waals surface area contributed by atoms with Crippen LogP contribution in [0.3, 0.4) is 0 Å². The molecular formula is C21H25N3O4. The summed E-state index contributed by atoms with van der Waals surface area (Å²) in [4.78, 5) is 37.4. The van der Waals surface area contributed by atoms with Crippen molar-refractivity contribution in [1.82, 2.24) is 4.90 Å². The molecule has 2 aromatic carbocycles. The lowest BCUT2D eigenvalue weighted by molar-refractivity contribution is -0.119. The number of likely N-dealkylation sites (N-methyl/N-ethyl adjacent to an activating group) is 1. The van der Waals surface area contributed by atoms with E-state index in [1.54, 1.807) is 36.2 Å². The van der Waals surface area contributed by atoms with Crippen LogP contribution in [0, 0.1) is 13.8 Å². The lowest BCUT2D eigenvalue weighted by atomic mass is 10.1. The molecule has 7 heteroatoms. The Morgan fingerprint density at radius 1 is 0.929 bits per heavy atom. The Morgan fingerprint density at radius 2 is 1.54 bits per heavy atom. The number of esters is 1. The van der Waals surface area contributed by atoms with Gasteiger partial charge in [0.05, 0.1) is 25.8 Å². The normalized spacial score (nSPS) is 10.5. The van der Waals surface area contributed by atoms with Crippen molar-refractivity contribution in [2.24, 2.45) is 0 Å². The minimum Gasteiger partial charge on any atom is -0.465 e. The van der Waals surface area contributed by atoms with E-state index in [9.17, 15) is 14.4 Å². The van der Waals surface area contributed by atoms with Crippen LogP contribution in [-0.4, -0.2) is 49.9 Å². The lowest BCUT2D eigenvalue weighted by Crippen LogP contribution is -2.36. The smallest absolute Gasteiger partial charge is 0.337 e. The summed E-state index contributed by atoms with van der Waals surface area (Å²) in [5.74, 6) is -0.883. The van der Waals surface area contributed by atoms with Crippen molar-refractivity contribution in [2.75, 3.05) is 37.9 Å². The van der Waals surface area contributed by atoms with Gasteiger partial charge in [0.15, 0.2) is 0 Å². The van der Waals surface area contributed by atoms with Crippen molar-refractivity contribution in [3.8, 4) is 0 Å². The minimum atomic E-state index is -0.438. The molecule has 2 amide bonds. The van der Waals surface area contributed by atoms with Gasteiger partial charge < -0.3 is 15.4 Å². The largest absolute Gasteiger partial charge is 0.465 e. The highest BCUT2D eigenvalue weighted by Gasteiger charge is 2.13. The molecule has 0 radical (unpaired) electrons. The van der Waals surface area contributed by atoms with Gasteiger partial charge in [0.1, 0.15) is 0 Å². The molecule has 0 fully saturated rings. The van der Waals surface area contributed by atoms with Crippen LogP contribution in [0.15, 0.2) is 42.5 Å². The second kappa shape index (κ2) is 9.66. The summed E-state index contributed by atoms with van der Waals surface area (Å²) in [6, 6.07) is 12.1. The molecule has 0 heterocycles. The number of methoxy groups -OCH3 is 1. The van der Waals surface area contributed by atoms with Crippen LogP contribution >= 0.6 is 0 Å². The summed E-state index contributed by atoms with van der Waals surface area (Å²) in [6.07, 6.45) is 0. The van der Waals surface area contributed by atoms with Crippen LogP contribution < -0.4 is 10.6 Å². The monoisotopic (exact) mass is 383 g/mol. The van der Waals surface area contributed by atoms with Gasteiger partial charge in [-0.05, 0) is 62.4 Å². The molecule has 0 atom stereocenters. The first-order valence-corrected chi connectivity index (χ1v) is 8.83. The molecule has 7 nitrogen and oxygen atoms in total. The number of benzene rings is 2. The van der Waals surface area contributed by atoms with E-state index in [-0.39, 0.29) is 24.9 Å². The molecule has 148 valence electrons. The maximum atomic E-state index is 12.2. The van der Waals surface area contributed by atoms with Crippen LogP contribution in [0.4, 0.5) is 11.4 Å². The maximum Gasteiger partial charge on any atom is 0.337 e. The molecule has 0 unspecified atom stereocenters. The van der Waals surface area contributed by atoms with E-state index in [1.165, 1.54) is 7.11 Å². The summed E-state index contributed by atoms with van der Waals surface area (Å²) in [6.45, 7) is 4.08. The SMILES string of the molecule is COC(=O)c1ccc(NC(=O)CN(C)CC(=O)Nc2cccc(C)c2C)cc1. The van der Waals surface area contributed by atoms with Gasteiger partial charge in [-0.2, -0.15) is 0 Å². The highest BCUT2D eigenvalue weighted by atomic mass is 16.5. The number of aryl methyl sites for hydroxylation is 1. The Labute approximate surface area is 164 Å². The zero-order valence-corrected chi connectivity index (χ0v) is 16.5. The third-order valence-corrected chi connectivity index (χ3v) is 4.30. The first-order chi connectivity index (χ1) is 13.3. The number of hydrogen-bond donors (Lipinski definition) is 2. The van der Waals surface area contributed by atoms with E-state index in [0.717, 1.165) is 16.8 Å². The molecule has 0 aliphatic carbocycles. The standard InChI is InChI=1S/C21H25N3O4/c1-14-6-5-7-18(15(14)2)23-20(26)13-24(3)12-19(25)22-17-10-8-16(9-11-17)21(27)28-4/h5-11H,12-13H2,1-4H3,(H,22,25)(H,23,26). The second-order valence-electron chi connectivity index (χ2n) is 6.59. The van der Waals surface area contributed by atoms with Gasteiger partial charge in [0.25, 0.3) is 0 Å². The predicted octanol–water partition coefficient (Wildman–Crippen LogP) is 2.60. The van der Waals surface area contributed by atoms with Crippen molar-refractivity contribution < 1.29 is 19.1 Å². The molecule has 0 saturated carbocycles. The van der Waals surface area contributed by atoms with Gasteiger partial charge in [0, 0.05) is 11.4 Å². The van der Waals surface area contributed by atoms with E-state index in [4.69, 9.17) is 0 Å². The van der Waals surface area contributed by atoms with Gasteiger partial charge >= 0.3 is 5.97 Å². The average molecular weight is 383 g/mol. The third-order valence-electron chi connectivity index (χ3n) is 4.30. The van der Waals surface area contributed by atoms with Gasteiger partial charge in [-0.25, -0.2) is 4.79 Å². The molecule has 2 rings (SSSR count). The second-order valence-corrected chi connectivity index (χ2v) is 6.59. The Morgan fingerprint density at radius 3 is 2.14 bits per heavy atom. The van der Waals surface area contributed by atoms with Crippen molar-refractivity contribution >= 4 is 29.2 Å². The van der Waals surface area contributed by atoms with Gasteiger partial charge in [-0.1, -0.05) is 12.1 Å². The van der Waals surface area contributed by atoms with Crippen LogP contribution in [0.5, 0.6) is 0 Å². The number of carbonyl (C=O) groups excluding carboxylic acids is 3. The molecule has 0 aliphatic rings. The van der Waals surface area contributed by atoms with Gasteiger partial charge in [0.2, 0.25) is 11.8 Å². The Hall–Kier alpha value is -3.19. The molecule has 0 spiro atoms. The number of nitrogens with zero attached hydrogens (tertiary/aromatic N) is 1. The van der Waals surface area contributed by atoms with Crippen LogP contribution in [0.2, 0.25) is 0 Å². The summed E-state index contributed by atoms with van der Waals surface area (Å²) in [5.41, 5.74) is 3.86. The molecule has 0 aromatic heterocycles.